The van der Waals surface area contributed by atoms with Gasteiger partial charge in [0.1, 0.15) is 5.82 Å². The van der Waals surface area contributed by atoms with E-state index in [0.29, 0.717) is 19.4 Å². The summed E-state index contributed by atoms with van der Waals surface area (Å²) in [6.45, 7) is 4.49. The van der Waals surface area contributed by atoms with Crippen LogP contribution in [0.25, 0.3) is 0 Å². The van der Waals surface area contributed by atoms with E-state index in [4.69, 9.17) is 0 Å². The lowest BCUT2D eigenvalue weighted by atomic mass is 10.1. The third-order valence-electron chi connectivity index (χ3n) is 3.26. The number of hydrogen-bond donors (Lipinski definition) is 2. The molecule has 1 heterocycles. The molecule has 6 heteroatoms. The summed E-state index contributed by atoms with van der Waals surface area (Å²) in [7, 11) is 0. The van der Waals surface area contributed by atoms with E-state index >= 15 is 0 Å². The van der Waals surface area contributed by atoms with Gasteiger partial charge in [0.15, 0.2) is 0 Å². The van der Waals surface area contributed by atoms with Crippen molar-refractivity contribution >= 4 is 17.2 Å². The quantitative estimate of drug-likeness (QED) is 0.693. The van der Waals surface area contributed by atoms with Crippen molar-refractivity contribution in [3.05, 3.63) is 51.7 Å². The van der Waals surface area contributed by atoms with E-state index in [1.165, 1.54) is 23.5 Å². The molecule has 0 aliphatic heterocycles. The van der Waals surface area contributed by atoms with Crippen molar-refractivity contribution in [3.8, 4) is 0 Å². The van der Waals surface area contributed by atoms with Crippen LogP contribution in [0.3, 0.4) is 0 Å². The van der Waals surface area contributed by atoms with Crippen LogP contribution in [0.5, 0.6) is 0 Å². The molecule has 1 aromatic carbocycles. The molecule has 23 heavy (non-hydrogen) atoms. The molecule has 2 rings (SSSR count). The lowest BCUT2D eigenvalue weighted by molar-refractivity contribution is -0.120. The van der Waals surface area contributed by atoms with Gasteiger partial charge in [-0.1, -0.05) is 19.1 Å². The highest BCUT2D eigenvalue weighted by Gasteiger charge is 2.08. The third-order valence-corrected chi connectivity index (χ3v) is 4.16. The first kappa shape index (κ1) is 17.6. The molecule has 0 unspecified atom stereocenters. The Balaban J connectivity index is 1.75. The maximum absolute atomic E-state index is 12.9. The molecule has 0 aliphatic carbocycles. The number of thiazole rings is 1. The van der Waals surface area contributed by atoms with Crippen LogP contribution in [0.1, 0.15) is 29.6 Å². The second-order valence-corrected chi connectivity index (χ2v) is 6.26. The van der Waals surface area contributed by atoms with Crippen LogP contribution < -0.4 is 10.6 Å². The Hall–Kier alpha value is -1.79. The number of nitrogens with zero attached hydrogens (tertiary/aromatic N) is 1. The molecule has 2 aromatic rings. The fraction of sp³-hybridized carbons (Fsp3) is 0.412. The van der Waals surface area contributed by atoms with E-state index in [1.54, 1.807) is 12.1 Å². The van der Waals surface area contributed by atoms with Gasteiger partial charge in [0, 0.05) is 24.9 Å². The summed E-state index contributed by atoms with van der Waals surface area (Å²) in [5, 5.41) is 8.96. The van der Waals surface area contributed by atoms with Gasteiger partial charge in [-0.25, -0.2) is 9.37 Å². The van der Waals surface area contributed by atoms with Crippen LogP contribution in [0.15, 0.2) is 29.6 Å². The predicted octanol–water partition coefficient (Wildman–Crippen LogP) is 2.53. The summed E-state index contributed by atoms with van der Waals surface area (Å²) in [5.74, 6) is -0.249. The van der Waals surface area contributed by atoms with Crippen molar-refractivity contribution in [1.29, 1.82) is 0 Å². The summed E-state index contributed by atoms with van der Waals surface area (Å²) in [6.07, 6.45) is 2.05. The number of hydrogen-bond acceptors (Lipinski definition) is 4. The summed E-state index contributed by atoms with van der Waals surface area (Å²) in [6, 6.07) is 6.41. The molecule has 0 aliphatic rings. The first-order valence-electron chi connectivity index (χ1n) is 7.82. The highest BCUT2D eigenvalue weighted by atomic mass is 32.1. The number of carbonyl (C=O) groups excluding carboxylic acids is 1. The van der Waals surface area contributed by atoms with Crippen molar-refractivity contribution < 1.29 is 9.18 Å². The lowest BCUT2D eigenvalue weighted by Crippen LogP contribution is -2.33. The molecular formula is C17H22FN3OS. The van der Waals surface area contributed by atoms with Gasteiger partial charge in [-0.05, 0) is 30.7 Å². The van der Waals surface area contributed by atoms with E-state index in [2.05, 4.69) is 22.5 Å². The van der Waals surface area contributed by atoms with Crippen LogP contribution in [0.4, 0.5) is 4.39 Å². The fourth-order valence-corrected chi connectivity index (χ4v) is 2.94. The molecule has 1 aromatic heterocycles. The summed E-state index contributed by atoms with van der Waals surface area (Å²) >= 11 is 1.53. The molecule has 0 fully saturated rings. The Morgan fingerprint density at radius 2 is 2.00 bits per heavy atom. The maximum Gasteiger partial charge on any atom is 0.226 e. The number of carbonyl (C=O) groups is 1. The molecule has 0 radical (unpaired) electrons. The zero-order valence-corrected chi connectivity index (χ0v) is 14.1. The number of nitrogens with one attached hydrogen (secondary N) is 2. The Kier molecular flexibility index (Phi) is 7.16. The third kappa shape index (κ3) is 6.46. The number of benzene rings is 1. The van der Waals surface area contributed by atoms with Crippen LogP contribution in [-0.4, -0.2) is 30.5 Å². The molecule has 124 valence electrons. The Morgan fingerprint density at radius 3 is 2.74 bits per heavy atom. The molecule has 0 bridgehead atoms. The highest BCUT2D eigenvalue weighted by molar-refractivity contribution is 7.09. The smallest absolute Gasteiger partial charge is 0.226 e. The van der Waals surface area contributed by atoms with E-state index in [0.717, 1.165) is 35.8 Å². The highest BCUT2D eigenvalue weighted by Crippen LogP contribution is 2.15. The van der Waals surface area contributed by atoms with Crippen LogP contribution in [0.2, 0.25) is 0 Å². The second kappa shape index (κ2) is 9.37. The van der Waals surface area contributed by atoms with E-state index in [-0.39, 0.29) is 11.7 Å². The van der Waals surface area contributed by atoms with Gasteiger partial charge < -0.3 is 10.6 Å². The van der Waals surface area contributed by atoms with Crippen LogP contribution >= 0.6 is 11.3 Å². The second-order valence-electron chi connectivity index (χ2n) is 5.31. The van der Waals surface area contributed by atoms with E-state index < -0.39 is 0 Å². The topological polar surface area (TPSA) is 54.0 Å². The van der Waals surface area contributed by atoms with E-state index in [9.17, 15) is 9.18 Å². The summed E-state index contributed by atoms with van der Waals surface area (Å²) in [4.78, 5) is 16.3. The first-order chi connectivity index (χ1) is 11.2. The minimum Gasteiger partial charge on any atom is -0.354 e. The maximum atomic E-state index is 12.9. The lowest BCUT2D eigenvalue weighted by Gasteiger charge is -2.05. The number of rotatable bonds is 9. The number of halogens is 1. The molecule has 0 saturated heterocycles. The molecule has 2 N–H and O–H groups in total. The average molecular weight is 335 g/mol. The van der Waals surface area contributed by atoms with Gasteiger partial charge in [0.05, 0.1) is 17.1 Å². The summed E-state index contributed by atoms with van der Waals surface area (Å²) in [5.41, 5.74) is 1.80. The fourth-order valence-electron chi connectivity index (χ4n) is 2.11. The van der Waals surface area contributed by atoms with E-state index in [1.807, 2.05) is 5.38 Å². The first-order valence-corrected chi connectivity index (χ1v) is 8.70. The molecule has 0 saturated carbocycles. The zero-order chi connectivity index (χ0) is 16.5. The van der Waals surface area contributed by atoms with Crippen molar-refractivity contribution in [2.75, 3.05) is 19.6 Å². The van der Waals surface area contributed by atoms with Crippen molar-refractivity contribution in [1.82, 2.24) is 15.6 Å². The Bertz CT molecular complexity index is 613. The van der Waals surface area contributed by atoms with Crippen molar-refractivity contribution in [3.63, 3.8) is 0 Å². The van der Waals surface area contributed by atoms with Gasteiger partial charge >= 0.3 is 0 Å². The molecule has 1 amide bonds. The summed E-state index contributed by atoms with van der Waals surface area (Å²) < 4.78 is 12.9. The van der Waals surface area contributed by atoms with Crippen molar-refractivity contribution in [2.45, 2.75) is 26.2 Å². The van der Waals surface area contributed by atoms with Crippen molar-refractivity contribution in [2.24, 2.45) is 0 Å². The number of aromatic nitrogens is 1. The molecule has 0 atom stereocenters. The molecule has 4 nitrogen and oxygen atoms in total. The van der Waals surface area contributed by atoms with Crippen LogP contribution in [-0.2, 0) is 17.6 Å². The largest absolute Gasteiger partial charge is 0.354 e. The normalized spacial score (nSPS) is 10.7. The Morgan fingerprint density at radius 1 is 1.22 bits per heavy atom. The number of amides is 1. The Labute approximate surface area is 140 Å². The molecular weight excluding hydrogens is 313 g/mol. The van der Waals surface area contributed by atoms with Gasteiger partial charge in [-0.2, -0.15) is 0 Å². The van der Waals surface area contributed by atoms with Gasteiger partial charge in [-0.15, -0.1) is 11.3 Å². The molecule has 0 spiro atoms. The standard InChI is InChI=1S/C17H22FN3OS/c1-2-7-19-8-9-20-16(22)11-15-12-23-17(21-15)10-13-3-5-14(18)6-4-13/h3-6,12,19H,2,7-11H2,1H3,(H,20,22). The predicted molar refractivity (Wildman–Crippen MR) is 91.2 cm³/mol. The van der Waals surface area contributed by atoms with Gasteiger partial charge in [0.25, 0.3) is 0 Å². The van der Waals surface area contributed by atoms with Gasteiger partial charge in [0.2, 0.25) is 5.91 Å². The SMILES string of the molecule is CCCNCCNC(=O)Cc1csc(Cc2ccc(F)cc2)n1. The monoisotopic (exact) mass is 335 g/mol. The average Bonchev–Trinajstić information content (AvgIpc) is 2.96. The minimum atomic E-state index is -0.237. The minimum absolute atomic E-state index is 0.0121. The zero-order valence-electron chi connectivity index (χ0n) is 13.3. The van der Waals surface area contributed by atoms with Crippen LogP contribution in [0, 0.1) is 5.82 Å². The van der Waals surface area contributed by atoms with Gasteiger partial charge in [-0.3, -0.25) is 4.79 Å².